The minimum Gasteiger partial charge on any atom is -0.501 e. The molecule has 14 nitrogen and oxygen atoms in total. The number of aromatic nitrogens is 3. The fraction of sp³-hybridized carbons (Fsp3) is 0.462. The van der Waals surface area contributed by atoms with E-state index in [1.165, 1.54) is 21.1 Å². The van der Waals surface area contributed by atoms with Crippen molar-refractivity contribution in [2.24, 2.45) is 0 Å². The summed E-state index contributed by atoms with van der Waals surface area (Å²) in [6.45, 7) is 0.713. The van der Waals surface area contributed by atoms with Gasteiger partial charge in [0.25, 0.3) is 5.91 Å². The number of rotatable bonds is 8. The number of piperidine rings is 1. The van der Waals surface area contributed by atoms with Crippen LogP contribution in [-0.2, 0) is 38.9 Å². The molecule has 3 aromatic rings. The van der Waals surface area contributed by atoms with Crippen molar-refractivity contribution >= 4 is 44.4 Å². The third kappa shape index (κ3) is 6.01. The van der Waals surface area contributed by atoms with Crippen LogP contribution < -0.4 is 15.2 Å². The predicted molar refractivity (Wildman–Crippen MR) is 155 cm³/mol. The average molecular weight is 638 g/mol. The lowest BCUT2D eigenvalue weighted by Crippen LogP contribution is -2.37. The summed E-state index contributed by atoms with van der Waals surface area (Å²) in [6, 6.07) is 3.59. The zero-order valence-electron chi connectivity index (χ0n) is 23.7. The second-order valence-electron chi connectivity index (χ2n) is 10.5. The summed E-state index contributed by atoms with van der Waals surface area (Å²) in [5.74, 6) is -3.30. The van der Waals surface area contributed by atoms with E-state index in [0.717, 1.165) is 40.1 Å². The number of nitrogens with one attached hydrogen (secondary N) is 1. The van der Waals surface area contributed by atoms with E-state index in [4.69, 9.17) is 0 Å². The summed E-state index contributed by atoms with van der Waals surface area (Å²) in [4.78, 5) is 45.8. The van der Waals surface area contributed by atoms with Crippen molar-refractivity contribution in [2.45, 2.75) is 43.7 Å². The third-order valence-corrected chi connectivity index (χ3v) is 10.6. The van der Waals surface area contributed by atoms with Gasteiger partial charge >= 0.3 is 5.56 Å². The van der Waals surface area contributed by atoms with E-state index in [-0.39, 0.29) is 47.8 Å². The van der Waals surface area contributed by atoms with Gasteiger partial charge in [-0.05, 0) is 57.5 Å². The normalized spacial score (nSPS) is 17.5. The van der Waals surface area contributed by atoms with Crippen LogP contribution in [-0.4, -0.2) is 92.2 Å². The Kier molecular flexibility index (Phi) is 8.58. The molecule has 2 aliphatic heterocycles. The fourth-order valence-corrected chi connectivity index (χ4v) is 7.69. The number of carbonyl (C=O) groups is 2. The van der Waals surface area contributed by atoms with E-state index in [9.17, 15) is 36.5 Å². The predicted octanol–water partition coefficient (Wildman–Crippen LogP) is 0.407. The molecule has 0 bridgehead atoms. The number of anilines is 1. The summed E-state index contributed by atoms with van der Waals surface area (Å²) >= 11 is 0. The monoisotopic (exact) mass is 637 g/mol. The van der Waals surface area contributed by atoms with Crippen LogP contribution in [0.2, 0.25) is 0 Å². The standard InChI is InChI=1S/C26H32FN7O7S2/c1-30(2)42(39)19-13-18(27)8-7-17(19)14-28-24(37)22-23(36)25(38)34-20(33-11-6-12-43(33,40)41)15-32(26(34)29-22)16-21(35)31-9-4-3-5-10-31/h7-8,13,15,36H,3-6,9-12,14,16H2,1-2H3,(H,28,37). The van der Waals surface area contributed by atoms with Gasteiger partial charge < -0.3 is 19.9 Å². The molecular weight excluding hydrogens is 605 g/mol. The lowest BCUT2D eigenvalue weighted by molar-refractivity contribution is -0.132. The first kappa shape index (κ1) is 30.6. The summed E-state index contributed by atoms with van der Waals surface area (Å²) < 4.78 is 56.6. The molecule has 2 fully saturated rings. The van der Waals surface area contributed by atoms with E-state index in [1.807, 2.05) is 0 Å². The summed E-state index contributed by atoms with van der Waals surface area (Å²) in [6.07, 6.45) is 4.34. The number of likely N-dealkylation sites (tertiary alicyclic amines) is 1. The molecule has 0 spiro atoms. The Morgan fingerprint density at radius 2 is 1.86 bits per heavy atom. The molecule has 232 valence electrons. The lowest BCUT2D eigenvalue weighted by Gasteiger charge is -2.26. The Hall–Kier alpha value is -3.83. The van der Waals surface area contributed by atoms with Crippen molar-refractivity contribution in [3.05, 3.63) is 51.8 Å². The number of benzene rings is 1. The molecule has 1 atom stereocenters. The lowest BCUT2D eigenvalue weighted by atomic mass is 10.1. The van der Waals surface area contributed by atoms with Crippen LogP contribution in [0.3, 0.4) is 0 Å². The highest BCUT2D eigenvalue weighted by molar-refractivity contribution is 7.93. The van der Waals surface area contributed by atoms with Crippen molar-refractivity contribution in [1.82, 2.24) is 28.5 Å². The van der Waals surface area contributed by atoms with E-state index in [0.29, 0.717) is 25.1 Å². The number of carbonyl (C=O) groups excluding carboxylic acids is 2. The quantitative estimate of drug-likeness (QED) is 0.358. The molecule has 1 aromatic carbocycles. The van der Waals surface area contributed by atoms with Gasteiger partial charge in [0, 0.05) is 26.2 Å². The molecule has 4 heterocycles. The Bertz CT molecular complexity index is 1780. The second kappa shape index (κ2) is 12.0. The molecule has 0 aliphatic carbocycles. The van der Waals surface area contributed by atoms with Gasteiger partial charge in [-0.25, -0.2) is 30.7 Å². The van der Waals surface area contributed by atoms with Crippen LogP contribution >= 0.6 is 0 Å². The zero-order valence-corrected chi connectivity index (χ0v) is 25.3. The first-order valence-corrected chi connectivity index (χ1v) is 16.4. The van der Waals surface area contributed by atoms with E-state index in [1.54, 1.807) is 19.0 Å². The van der Waals surface area contributed by atoms with Crippen LogP contribution in [0.25, 0.3) is 5.78 Å². The van der Waals surface area contributed by atoms with Crippen molar-refractivity contribution < 1.29 is 31.7 Å². The van der Waals surface area contributed by atoms with E-state index >= 15 is 0 Å². The highest BCUT2D eigenvalue weighted by Crippen LogP contribution is 2.27. The maximum absolute atomic E-state index is 13.9. The molecule has 2 aromatic heterocycles. The molecule has 43 heavy (non-hydrogen) atoms. The van der Waals surface area contributed by atoms with Crippen molar-refractivity contribution in [3.63, 3.8) is 0 Å². The number of hydrogen-bond donors (Lipinski definition) is 2. The molecule has 1 unspecified atom stereocenters. The molecule has 17 heteroatoms. The molecule has 2 amide bonds. The topological polar surface area (TPSA) is 167 Å². The first-order chi connectivity index (χ1) is 20.4. The maximum Gasteiger partial charge on any atom is 0.303 e. The molecule has 0 saturated carbocycles. The van der Waals surface area contributed by atoms with Crippen LogP contribution in [0.15, 0.2) is 34.1 Å². The van der Waals surface area contributed by atoms with Crippen molar-refractivity contribution in [2.75, 3.05) is 43.8 Å². The Morgan fingerprint density at radius 3 is 2.51 bits per heavy atom. The molecule has 2 saturated heterocycles. The number of fused-ring (bicyclic) bond motifs is 1. The minimum absolute atomic E-state index is 0.0886. The molecule has 2 N–H and O–H groups in total. The van der Waals surface area contributed by atoms with Crippen LogP contribution in [0, 0.1) is 5.82 Å². The van der Waals surface area contributed by atoms with E-state index < -0.39 is 49.7 Å². The molecular formula is C26H32FN7O7S2. The van der Waals surface area contributed by atoms with Gasteiger partial charge in [0.2, 0.25) is 27.5 Å². The highest BCUT2D eigenvalue weighted by atomic mass is 32.2. The van der Waals surface area contributed by atoms with Crippen LogP contribution in [0.5, 0.6) is 5.75 Å². The minimum atomic E-state index is -3.76. The molecule has 5 rings (SSSR count). The number of amides is 2. The van der Waals surface area contributed by atoms with Gasteiger partial charge in [0.1, 0.15) is 29.2 Å². The molecule has 2 aliphatic rings. The SMILES string of the molecule is CN(C)S(=O)c1cc(F)ccc1CNC(=O)c1nc2n(CC(=O)N3CCCCC3)cc(N3CCCS3(=O)=O)n2c(=O)c1O. The Morgan fingerprint density at radius 1 is 1.14 bits per heavy atom. The number of aromatic hydroxyl groups is 1. The van der Waals surface area contributed by atoms with Gasteiger partial charge in [-0.2, -0.15) is 0 Å². The number of halogens is 1. The second-order valence-corrected chi connectivity index (χ2v) is 14.2. The van der Waals surface area contributed by atoms with Gasteiger partial charge in [-0.15, -0.1) is 0 Å². The van der Waals surface area contributed by atoms with Gasteiger partial charge in [-0.3, -0.25) is 18.7 Å². The smallest absolute Gasteiger partial charge is 0.303 e. The van der Waals surface area contributed by atoms with Crippen molar-refractivity contribution in [3.8, 4) is 5.75 Å². The highest BCUT2D eigenvalue weighted by Gasteiger charge is 2.34. The Balaban J connectivity index is 1.53. The zero-order chi connectivity index (χ0) is 31.1. The fourth-order valence-electron chi connectivity index (χ4n) is 5.18. The van der Waals surface area contributed by atoms with Gasteiger partial charge in [0.05, 0.1) is 16.8 Å². The summed E-state index contributed by atoms with van der Waals surface area (Å²) in [5, 5.41) is 13.3. The van der Waals surface area contributed by atoms with Crippen molar-refractivity contribution in [1.29, 1.82) is 0 Å². The first-order valence-electron chi connectivity index (χ1n) is 13.7. The number of nitrogens with zero attached hydrogens (tertiary/aromatic N) is 6. The average Bonchev–Trinajstić information content (AvgIpc) is 3.52. The van der Waals surface area contributed by atoms with Gasteiger partial charge in [-0.1, -0.05) is 6.07 Å². The maximum atomic E-state index is 13.9. The van der Waals surface area contributed by atoms with E-state index in [2.05, 4.69) is 10.3 Å². The largest absolute Gasteiger partial charge is 0.501 e. The van der Waals surface area contributed by atoms with Gasteiger partial charge in [0.15, 0.2) is 5.69 Å². The van der Waals surface area contributed by atoms with Crippen LogP contribution in [0.4, 0.5) is 10.2 Å². The third-order valence-electron chi connectivity index (χ3n) is 7.37. The number of imidazole rings is 1. The number of hydrogen-bond acceptors (Lipinski definition) is 8. The number of sulfonamides is 1. The summed E-state index contributed by atoms with van der Waals surface area (Å²) in [5.41, 5.74) is -1.41. The van der Waals surface area contributed by atoms with Crippen LogP contribution in [0.1, 0.15) is 41.7 Å². The summed E-state index contributed by atoms with van der Waals surface area (Å²) in [7, 11) is -2.41. The Labute approximate surface area is 249 Å². The molecule has 0 radical (unpaired) electrons.